The van der Waals surface area contributed by atoms with Crippen molar-refractivity contribution in [2.24, 2.45) is 5.92 Å². The summed E-state index contributed by atoms with van der Waals surface area (Å²) in [6.45, 7) is 2.38. The summed E-state index contributed by atoms with van der Waals surface area (Å²) in [6, 6.07) is 0. The first-order valence-electron chi connectivity index (χ1n) is 5.26. The van der Waals surface area contributed by atoms with Gasteiger partial charge in [0.05, 0.1) is 13.7 Å². The molecule has 0 saturated carbocycles. The highest BCUT2D eigenvalue weighted by Crippen LogP contribution is 2.13. The summed E-state index contributed by atoms with van der Waals surface area (Å²) in [5.41, 5.74) is 0. The van der Waals surface area contributed by atoms with Gasteiger partial charge in [0.1, 0.15) is 11.7 Å². The highest BCUT2D eigenvalue weighted by atomic mass is 16.5. The molecule has 0 aromatic carbocycles. The summed E-state index contributed by atoms with van der Waals surface area (Å²) in [6.07, 6.45) is 2.68. The van der Waals surface area contributed by atoms with Crippen molar-refractivity contribution in [2.75, 3.05) is 20.8 Å². The van der Waals surface area contributed by atoms with Gasteiger partial charge in [0.15, 0.2) is 0 Å². The molecular weight excluding hydrogens is 196 g/mol. The Morgan fingerprint density at radius 3 is 2.40 bits per heavy atom. The third-order valence-electron chi connectivity index (χ3n) is 2.27. The molecule has 0 rings (SSSR count). The lowest BCUT2D eigenvalue weighted by Crippen LogP contribution is -2.26. The zero-order chi connectivity index (χ0) is 11.7. The number of hydrogen-bond acceptors (Lipinski definition) is 4. The number of carbonyl (C=O) groups is 2. The van der Waals surface area contributed by atoms with Gasteiger partial charge in [-0.2, -0.15) is 0 Å². The van der Waals surface area contributed by atoms with Crippen LogP contribution in [-0.4, -0.2) is 32.6 Å². The van der Waals surface area contributed by atoms with Crippen molar-refractivity contribution in [3.8, 4) is 0 Å². The second kappa shape index (κ2) is 8.41. The van der Waals surface area contributed by atoms with Gasteiger partial charge in [-0.15, -0.1) is 0 Å². The number of ketones is 1. The SMILES string of the molecule is CCCCC(C(=O)CCOC)C(=O)OC. The van der Waals surface area contributed by atoms with Crippen LogP contribution in [0, 0.1) is 5.92 Å². The Bertz CT molecular complexity index is 201. The van der Waals surface area contributed by atoms with E-state index in [9.17, 15) is 9.59 Å². The second-order valence-corrected chi connectivity index (χ2v) is 3.43. The molecule has 0 bridgehead atoms. The smallest absolute Gasteiger partial charge is 0.316 e. The molecule has 0 aliphatic heterocycles. The quantitative estimate of drug-likeness (QED) is 0.456. The van der Waals surface area contributed by atoms with E-state index >= 15 is 0 Å². The molecule has 0 aliphatic rings. The zero-order valence-corrected chi connectivity index (χ0v) is 9.75. The molecule has 0 N–H and O–H groups in total. The van der Waals surface area contributed by atoms with Gasteiger partial charge >= 0.3 is 5.97 Å². The first-order valence-corrected chi connectivity index (χ1v) is 5.26. The molecule has 0 aromatic rings. The molecule has 4 nitrogen and oxygen atoms in total. The van der Waals surface area contributed by atoms with Crippen LogP contribution in [0.25, 0.3) is 0 Å². The third kappa shape index (κ3) is 5.52. The number of carbonyl (C=O) groups excluding carboxylic acids is 2. The Labute approximate surface area is 90.9 Å². The zero-order valence-electron chi connectivity index (χ0n) is 9.75. The number of esters is 1. The van der Waals surface area contributed by atoms with E-state index in [4.69, 9.17) is 4.74 Å². The minimum absolute atomic E-state index is 0.0860. The monoisotopic (exact) mass is 216 g/mol. The first kappa shape index (κ1) is 14.1. The number of unbranched alkanes of at least 4 members (excludes halogenated alkanes) is 1. The summed E-state index contributed by atoms with van der Waals surface area (Å²) < 4.78 is 9.42. The van der Waals surface area contributed by atoms with Crippen molar-refractivity contribution in [1.82, 2.24) is 0 Å². The molecule has 1 atom stereocenters. The minimum Gasteiger partial charge on any atom is -0.468 e. The number of ether oxygens (including phenoxy) is 2. The topological polar surface area (TPSA) is 52.6 Å². The maximum absolute atomic E-state index is 11.6. The fourth-order valence-electron chi connectivity index (χ4n) is 1.34. The molecule has 0 aromatic heterocycles. The predicted octanol–water partition coefficient (Wildman–Crippen LogP) is 1.57. The molecule has 88 valence electrons. The Kier molecular flexibility index (Phi) is 7.91. The van der Waals surface area contributed by atoms with Crippen LogP contribution in [0.4, 0.5) is 0 Å². The average molecular weight is 216 g/mol. The van der Waals surface area contributed by atoms with Crippen LogP contribution in [-0.2, 0) is 19.1 Å². The Morgan fingerprint density at radius 2 is 1.93 bits per heavy atom. The lowest BCUT2D eigenvalue weighted by atomic mass is 9.96. The lowest BCUT2D eigenvalue weighted by Gasteiger charge is -2.12. The molecular formula is C11H20O4. The molecule has 4 heteroatoms. The largest absolute Gasteiger partial charge is 0.468 e. The number of rotatable bonds is 8. The molecule has 15 heavy (non-hydrogen) atoms. The van der Waals surface area contributed by atoms with Gasteiger partial charge in [0.25, 0.3) is 0 Å². The van der Waals surface area contributed by atoms with Crippen molar-refractivity contribution >= 4 is 11.8 Å². The molecule has 0 radical (unpaired) electrons. The summed E-state index contributed by atoms with van der Waals surface area (Å²) >= 11 is 0. The van der Waals surface area contributed by atoms with Gasteiger partial charge in [-0.05, 0) is 6.42 Å². The lowest BCUT2D eigenvalue weighted by molar-refractivity contribution is -0.150. The number of methoxy groups -OCH3 is 2. The van der Waals surface area contributed by atoms with Gasteiger partial charge in [-0.3, -0.25) is 9.59 Å². The Morgan fingerprint density at radius 1 is 1.27 bits per heavy atom. The van der Waals surface area contributed by atoms with Gasteiger partial charge < -0.3 is 9.47 Å². The molecule has 0 heterocycles. The Hall–Kier alpha value is -0.900. The van der Waals surface area contributed by atoms with E-state index in [0.29, 0.717) is 13.0 Å². The fourth-order valence-corrected chi connectivity index (χ4v) is 1.34. The summed E-state index contributed by atoms with van der Waals surface area (Å²) in [5, 5.41) is 0. The molecule has 0 spiro atoms. The van der Waals surface area contributed by atoms with Crippen LogP contribution in [0.15, 0.2) is 0 Å². The molecule has 1 unspecified atom stereocenters. The van der Waals surface area contributed by atoms with E-state index in [0.717, 1.165) is 12.8 Å². The molecule has 0 fully saturated rings. The van der Waals surface area contributed by atoms with Crippen LogP contribution < -0.4 is 0 Å². The maximum atomic E-state index is 11.6. The van der Waals surface area contributed by atoms with Crippen molar-refractivity contribution in [3.63, 3.8) is 0 Å². The van der Waals surface area contributed by atoms with Crippen molar-refractivity contribution in [3.05, 3.63) is 0 Å². The highest BCUT2D eigenvalue weighted by Gasteiger charge is 2.25. The van der Waals surface area contributed by atoms with Crippen molar-refractivity contribution in [2.45, 2.75) is 32.6 Å². The highest BCUT2D eigenvalue weighted by molar-refractivity contribution is 5.98. The van der Waals surface area contributed by atoms with E-state index in [1.54, 1.807) is 0 Å². The normalized spacial score (nSPS) is 12.2. The van der Waals surface area contributed by atoms with E-state index in [-0.39, 0.29) is 12.2 Å². The van der Waals surface area contributed by atoms with Crippen LogP contribution in [0.3, 0.4) is 0 Å². The van der Waals surface area contributed by atoms with E-state index in [2.05, 4.69) is 4.74 Å². The van der Waals surface area contributed by atoms with Crippen LogP contribution in [0.2, 0.25) is 0 Å². The molecule has 0 saturated heterocycles. The van der Waals surface area contributed by atoms with Crippen LogP contribution >= 0.6 is 0 Å². The summed E-state index contributed by atoms with van der Waals surface area (Å²) in [4.78, 5) is 23.0. The van der Waals surface area contributed by atoms with Gasteiger partial charge in [-0.25, -0.2) is 0 Å². The van der Waals surface area contributed by atoms with E-state index in [1.807, 2.05) is 6.92 Å². The predicted molar refractivity (Wildman–Crippen MR) is 56.5 cm³/mol. The Balaban J connectivity index is 4.20. The van der Waals surface area contributed by atoms with Gasteiger partial charge in [-0.1, -0.05) is 19.8 Å². The second-order valence-electron chi connectivity index (χ2n) is 3.43. The van der Waals surface area contributed by atoms with Gasteiger partial charge in [0.2, 0.25) is 0 Å². The number of hydrogen-bond donors (Lipinski definition) is 0. The molecule has 0 aliphatic carbocycles. The summed E-state index contributed by atoms with van der Waals surface area (Å²) in [5.74, 6) is -1.12. The maximum Gasteiger partial charge on any atom is 0.316 e. The molecule has 0 amide bonds. The first-order chi connectivity index (χ1) is 7.17. The average Bonchev–Trinajstić information content (AvgIpc) is 2.26. The summed E-state index contributed by atoms with van der Waals surface area (Å²) in [7, 11) is 2.84. The third-order valence-corrected chi connectivity index (χ3v) is 2.27. The fraction of sp³-hybridized carbons (Fsp3) is 0.818. The van der Waals surface area contributed by atoms with E-state index in [1.165, 1.54) is 14.2 Å². The minimum atomic E-state index is -0.606. The van der Waals surface area contributed by atoms with Crippen LogP contribution in [0.5, 0.6) is 0 Å². The van der Waals surface area contributed by atoms with E-state index < -0.39 is 11.9 Å². The number of Topliss-reactive ketones (excluding diaryl/α,β-unsaturated/α-hetero) is 1. The standard InChI is InChI=1S/C11H20O4/c1-4-5-6-9(11(13)15-3)10(12)7-8-14-2/h9H,4-8H2,1-3H3. The van der Waals surface area contributed by atoms with Crippen molar-refractivity contribution in [1.29, 1.82) is 0 Å². The van der Waals surface area contributed by atoms with Crippen molar-refractivity contribution < 1.29 is 19.1 Å². The van der Waals surface area contributed by atoms with Gasteiger partial charge in [0, 0.05) is 13.5 Å². The van der Waals surface area contributed by atoms with Crippen LogP contribution in [0.1, 0.15) is 32.6 Å².